The lowest BCUT2D eigenvalue weighted by Gasteiger charge is -2.50. The van der Waals surface area contributed by atoms with Crippen molar-refractivity contribution in [2.45, 2.75) is 88.5 Å². The maximum Gasteiger partial charge on any atom is 0.335 e. The molecule has 9 rings (SSSR count). The molecule has 2 heterocycles. The first-order valence-corrected chi connectivity index (χ1v) is 23.8. The van der Waals surface area contributed by atoms with Gasteiger partial charge in [0, 0.05) is 12.6 Å². The fourth-order valence-corrected chi connectivity index (χ4v) is 9.40. The fraction of sp³-hybridized carbons (Fsp3) is 0.254. The molecule has 0 aliphatic carbocycles. The monoisotopic (exact) mass is 959 g/mol. The number of ether oxygens (including phenoxy) is 6. The molecule has 0 bridgehead atoms. The van der Waals surface area contributed by atoms with Crippen molar-refractivity contribution in [3.63, 3.8) is 0 Å². The van der Waals surface area contributed by atoms with Crippen molar-refractivity contribution < 1.29 is 51.9 Å². The van der Waals surface area contributed by atoms with Gasteiger partial charge >= 0.3 is 5.97 Å². The van der Waals surface area contributed by atoms with E-state index in [4.69, 9.17) is 28.4 Å². The Hall–Kier alpha value is -7.06. The van der Waals surface area contributed by atoms with Crippen LogP contribution in [0, 0.1) is 17.6 Å². The van der Waals surface area contributed by atoms with Crippen molar-refractivity contribution in [1.29, 1.82) is 0 Å². The Balaban J connectivity index is 1.01. The van der Waals surface area contributed by atoms with Gasteiger partial charge < -0.3 is 38.4 Å². The highest BCUT2D eigenvalue weighted by Gasteiger charge is 2.58. The van der Waals surface area contributed by atoms with Gasteiger partial charge in [-0.1, -0.05) is 146 Å². The summed E-state index contributed by atoms with van der Waals surface area (Å²) < 4.78 is 67.9. The van der Waals surface area contributed by atoms with Crippen molar-refractivity contribution in [2.24, 2.45) is 5.92 Å². The minimum atomic E-state index is -1.75. The summed E-state index contributed by atoms with van der Waals surface area (Å²) in [5.74, 6) is -4.09. The Morgan fingerprint density at radius 3 is 1.62 bits per heavy atom. The quantitative estimate of drug-likeness (QED) is 0.0704. The minimum absolute atomic E-state index is 0.0848. The smallest absolute Gasteiger partial charge is 0.335 e. The van der Waals surface area contributed by atoms with Crippen LogP contribution in [0.5, 0.6) is 5.75 Å². The Morgan fingerprint density at radius 1 is 0.620 bits per heavy atom. The molecular formula is C59H55F2NO9. The molecule has 0 spiro atoms. The highest BCUT2D eigenvalue weighted by molar-refractivity contribution is 6.03. The molecule has 7 aromatic rings. The predicted octanol–water partition coefficient (Wildman–Crippen LogP) is 11.7. The number of aliphatic carboxylic acids is 1. The van der Waals surface area contributed by atoms with Gasteiger partial charge in [0.2, 0.25) is 11.7 Å². The number of benzene rings is 7. The minimum Gasteiger partial charge on any atom is -0.479 e. The second-order valence-corrected chi connectivity index (χ2v) is 18.0. The van der Waals surface area contributed by atoms with Crippen LogP contribution in [0.2, 0.25) is 0 Å². The van der Waals surface area contributed by atoms with Gasteiger partial charge in [0.15, 0.2) is 12.2 Å². The standard InChI is InChI=1S/C59H55F2NO9/c1-59(56(69-39-43-20-12-5-13-21-43)54(68-38-42-18-10-4-11-19-42)53(55(71-59)58(64)65)67-37-41-16-8-3-9-17-41)70-49-32-24-45(25-33-49)52-50(57(63)62(52)48-30-28-47(61)29-31-48)34-35-51(44-22-26-46(60)27-23-44)66-36-40-14-6-2-7-15-40/h2-33,50-56H,34-39H2,1H3,(H,64,65)/t50-,51+,52-,53+,54+,55+,56-,59-/m1/s1. The molecule has 1 amide bonds. The van der Waals surface area contributed by atoms with Crippen LogP contribution in [0.25, 0.3) is 0 Å². The van der Waals surface area contributed by atoms with Gasteiger partial charge in [0.05, 0.1) is 44.5 Å². The van der Waals surface area contributed by atoms with E-state index in [-0.39, 0.29) is 31.5 Å². The number of rotatable bonds is 21. The first kappa shape index (κ1) is 48.9. The van der Waals surface area contributed by atoms with Gasteiger partial charge in [-0.2, -0.15) is 0 Å². The van der Waals surface area contributed by atoms with Crippen molar-refractivity contribution in [3.05, 3.63) is 239 Å². The van der Waals surface area contributed by atoms with Crippen LogP contribution in [0.3, 0.4) is 0 Å². The van der Waals surface area contributed by atoms with Gasteiger partial charge in [-0.25, -0.2) is 13.6 Å². The van der Waals surface area contributed by atoms with Gasteiger partial charge in [-0.05, 0) is 94.8 Å². The zero-order valence-corrected chi connectivity index (χ0v) is 39.2. The number of hydrogen-bond acceptors (Lipinski definition) is 8. The van der Waals surface area contributed by atoms with Crippen LogP contribution in [0.4, 0.5) is 14.5 Å². The zero-order chi connectivity index (χ0) is 49.2. The lowest BCUT2D eigenvalue weighted by atomic mass is 9.78. The van der Waals surface area contributed by atoms with Crippen LogP contribution in [-0.2, 0) is 59.7 Å². The maximum absolute atomic E-state index is 14.2. The molecule has 0 radical (unpaired) electrons. The van der Waals surface area contributed by atoms with Crippen molar-refractivity contribution in [3.8, 4) is 5.75 Å². The van der Waals surface area contributed by atoms with E-state index in [2.05, 4.69) is 0 Å². The molecule has 2 aliphatic rings. The largest absolute Gasteiger partial charge is 0.479 e. The maximum atomic E-state index is 14.2. The molecular weight excluding hydrogens is 905 g/mol. The van der Waals surface area contributed by atoms with E-state index in [9.17, 15) is 23.5 Å². The van der Waals surface area contributed by atoms with Crippen LogP contribution in [0.15, 0.2) is 194 Å². The molecule has 2 aliphatic heterocycles. The molecule has 364 valence electrons. The highest BCUT2D eigenvalue weighted by Crippen LogP contribution is 2.47. The number of carboxylic acids is 1. The SMILES string of the molecule is C[C@@]1(Oc2ccc([C@@H]3[C@@H](CC[C@H](OCc4ccccc4)c4ccc(F)cc4)C(=O)N3c3ccc(F)cc3)cc2)O[C@H](C(=O)O)[C@@H](OCc2ccccc2)[C@H](OCc2ccccc2)[C@H]1OCc1ccccc1. The fourth-order valence-electron chi connectivity index (χ4n) is 9.40. The summed E-state index contributed by atoms with van der Waals surface area (Å²) in [6, 6.07) is 57.1. The Bertz CT molecular complexity index is 2790. The van der Waals surface area contributed by atoms with Crippen molar-refractivity contribution in [2.75, 3.05) is 4.90 Å². The second-order valence-electron chi connectivity index (χ2n) is 18.0. The summed E-state index contributed by atoms with van der Waals surface area (Å²) in [7, 11) is 0. The molecule has 0 saturated carbocycles. The van der Waals surface area contributed by atoms with Gasteiger partial charge in [-0.3, -0.25) is 4.79 Å². The molecule has 10 nitrogen and oxygen atoms in total. The number of carboxylic acid groups (broad SMARTS) is 1. The summed E-state index contributed by atoms with van der Waals surface area (Å²) in [6.45, 7) is 2.29. The van der Waals surface area contributed by atoms with Gasteiger partial charge in [0.1, 0.15) is 29.6 Å². The van der Waals surface area contributed by atoms with E-state index in [1.54, 1.807) is 48.2 Å². The number of hydrogen-bond donors (Lipinski definition) is 1. The lowest BCUT2D eigenvalue weighted by Crippen LogP contribution is -2.68. The first-order valence-electron chi connectivity index (χ1n) is 23.8. The summed E-state index contributed by atoms with van der Waals surface area (Å²) >= 11 is 0. The lowest BCUT2D eigenvalue weighted by molar-refractivity contribution is -0.345. The average Bonchev–Trinajstić information content (AvgIpc) is 3.39. The van der Waals surface area contributed by atoms with Crippen molar-refractivity contribution in [1.82, 2.24) is 0 Å². The van der Waals surface area contributed by atoms with Crippen LogP contribution in [-0.4, -0.2) is 47.2 Å². The van der Waals surface area contributed by atoms with E-state index in [0.29, 0.717) is 30.9 Å². The number of carbonyl (C=O) groups is 2. The van der Waals surface area contributed by atoms with Crippen LogP contribution >= 0.6 is 0 Å². The van der Waals surface area contributed by atoms with Crippen LogP contribution in [0.1, 0.15) is 65.3 Å². The summed E-state index contributed by atoms with van der Waals surface area (Å²) in [6.07, 6.45) is -4.28. The van der Waals surface area contributed by atoms with E-state index in [1.807, 2.05) is 133 Å². The normalized spacial score (nSPS) is 22.4. The Kier molecular flexibility index (Phi) is 15.7. The van der Waals surface area contributed by atoms with E-state index < -0.39 is 60.1 Å². The topological polar surface area (TPSA) is 113 Å². The third-order valence-electron chi connectivity index (χ3n) is 13.0. The van der Waals surface area contributed by atoms with E-state index >= 15 is 0 Å². The molecule has 2 saturated heterocycles. The number of halogens is 2. The molecule has 7 aromatic carbocycles. The van der Waals surface area contributed by atoms with Crippen molar-refractivity contribution >= 4 is 17.6 Å². The summed E-state index contributed by atoms with van der Waals surface area (Å²) in [5.41, 5.74) is 5.66. The Morgan fingerprint density at radius 2 is 1.10 bits per heavy atom. The predicted molar refractivity (Wildman–Crippen MR) is 263 cm³/mol. The highest BCUT2D eigenvalue weighted by atomic mass is 19.1. The molecule has 12 heteroatoms. The molecule has 2 fully saturated rings. The number of anilines is 1. The number of carbonyl (C=O) groups excluding carboxylic acids is 1. The zero-order valence-electron chi connectivity index (χ0n) is 39.2. The third kappa shape index (κ3) is 11.9. The average molecular weight is 960 g/mol. The number of nitrogens with zero attached hydrogens (tertiary/aromatic N) is 1. The molecule has 1 N–H and O–H groups in total. The van der Waals surface area contributed by atoms with Gasteiger partial charge in [-0.15, -0.1) is 0 Å². The van der Waals surface area contributed by atoms with E-state index in [1.165, 1.54) is 24.3 Å². The third-order valence-corrected chi connectivity index (χ3v) is 13.0. The molecule has 0 aromatic heterocycles. The molecule has 0 unspecified atom stereocenters. The number of amides is 1. The summed E-state index contributed by atoms with van der Waals surface area (Å²) in [5, 5.41) is 10.8. The first-order chi connectivity index (χ1) is 34.6. The van der Waals surface area contributed by atoms with E-state index in [0.717, 1.165) is 33.4 Å². The second kappa shape index (κ2) is 22.8. The molecule has 71 heavy (non-hydrogen) atoms. The molecule has 8 atom stereocenters. The van der Waals surface area contributed by atoms with Gasteiger partial charge in [0.25, 0.3) is 0 Å². The number of β-lactam (4-membered cyclic amide) rings is 1. The Labute approximate surface area is 412 Å². The summed E-state index contributed by atoms with van der Waals surface area (Å²) in [4.78, 5) is 29.1. The van der Waals surface area contributed by atoms with Crippen LogP contribution < -0.4 is 9.64 Å².